The lowest BCUT2D eigenvalue weighted by atomic mass is 10.0. The van der Waals surface area contributed by atoms with E-state index in [1.807, 2.05) is 43.3 Å². The van der Waals surface area contributed by atoms with E-state index < -0.39 is 0 Å². The van der Waals surface area contributed by atoms with Crippen molar-refractivity contribution in [2.75, 3.05) is 6.61 Å². The number of furan rings is 1. The maximum absolute atomic E-state index is 9.28. The Hall–Kier alpha value is -3.03. The van der Waals surface area contributed by atoms with Crippen molar-refractivity contribution in [3.63, 3.8) is 0 Å². The van der Waals surface area contributed by atoms with E-state index in [4.69, 9.17) is 14.9 Å². The SMILES string of the molecule is CCOc1ccc(-c2cc(-c3ccc(CN)cc3)co2)cc1C#N. The first kappa shape index (κ1) is 15.9. The van der Waals surface area contributed by atoms with Gasteiger partial charge in [0.25, 0.3) is 0 Å². The Morgan fingerprint density at radius 1 is 1.04 bits per heavy atom. The minimum atomic E-state index is 0.500. The summed E-state index contributed by atoms with van der Waals surface area (Å²) in [5.74, 6) is 1.31. The summed E-state index contributed by atoms with van der Waals surface area (Å²) in [6.45, 7) is 2.95. The Balaban J connectivity index is 1.91. The summed E-state index contributed by atoms with van der Waals surface area (Å²) >= 11 is 0. The van der Waals surface area contributed by atoms with Gasteiger partial charge in [0, 0.05) is 17.7 Å². The molecule has 0 amide bonds. The van der Waals surface area contributed by atoms with E-state index in [0.29, 0.717) is 30.2 Å². The highest BCUT2D eigenvalue weighted by molar-refractivity contribution is 5.71. The Morgan fingerprint density at radius 2 is 1.79 bits per heavy atom. The highest BCUT2D eigenvalue weighted by Gasteiger charge is 2.10. The number of ether oxygens (including phenoxy) is 1. The van der Waals surface area contributed by atoms with Gasteiger partial charge in [0.2, 0.25) is 0 Å². The summed E-state index contributed by atoms with van der Waals surface area (Å²) in [5.41, 5.74) is 10.1. The third-order valence-electron chi connectivity index (χ3n) is 3.81. The standard InChI is InChI=1S/C20H18N2O2/c1-2-23-19-8-7-16(9-17(19)12-22)20-10-18(13-24-20)15-5-3-14(11-21)4-6-15/h3-10,13H,2,11,21H2,1H3. The molecule has 3 aromatic rings. The molecule has 1 aromatic heterocycles. The van der Waals surface area contributed by atoms with Gasteiger partial charge >= 0.3 is 0 Å². The number of hydrogen-bond acceptors (Lipinski definition) is 4. The first-order valence-corrected chi connectivity index (χ1v) is 7.80. The van der Waals surface area contributed by atoms with Crippen LogP contribution in [-0.4, -0.2) is 6.61 Å². The average Bonchev–Trinajstić information content (AvgIpc) is 3.12. The molecule has 24 heavy (non-hydrogen) atoms. The Labute approximate surface area is 141 Å². The summed E-state index contributed by atoms with van der Waals surface area (Å²) in [6.07, 6.45) is 1.72. The summed E-state index contributed by atoms with van der Waals surface area (Å²) in [4.78, 5) is 0. The van der Waals surface area contributed by atoms with E-state index >= 15 is 0 Å². The highest BCUT2D eigenvalue weighted by atomic mass is 16.5. The van der Waals surface area contributed by atoms with Gasteiger partial charge in [-0.2, -0.15) is 5.26 Å². The predicted molar refractivity (Wildman–Crippen MR) is 93.4 cm³/mol. The molecule has 3 rings (SSSR count). The van der Waals surface area contributed by atoms with Crippen molar-refractivity contribution in [3.8, 4) is 34.3 Å². The Kier molecular flexibility index (Phi) is 4.64. The minimum Gasteiger partial charge on any atom is -0.492 e. The monoisotopic (exact) mass is 318 g/mol. The summed E-state index contributed by atoms with van der Waals surface area (Å²) in [6, 6.07) is 17.7. The van der Waals surface area contributed by atoms with Gasteiger partial charge in [-0.3, -0.25) is 0 Å². The summed E-state index contributed by atoms with van der Waals surface area (Å²) in [7, 11) is 0. The molecule has 4 nitrogen and oxygen atoms in total. The maximum Gasteiger partial charge on any atom is 0.137 e. The lowest BCUT2D eigenvalue weighted by Crippen LogP contribution is -1.95. The van der Waals surface area contributed by atoms with Gasteiger partial charge in [-0.15, -0.1) is 0 Å². The van der Waals surface area contributed by atoms with Crippen molar-refractivity contribution in [2.24, 2.45) is 5.73 Å². The number of nitrogens with zero attached hydrogens (tertiary/aromatic N) is 1. The first-order valence-electron chi connectivity index (χ1n) is 7.80. The number of benzene rings is 2. The Bertz CT molecular complexity index is 873. The molecular weight excluding hydrogens is 300 g/mol. The second kappa shape index (κ2) is 7.03. The van der Waals surface area contributed by atoms with Gasteiger partial charge in [-0.1, -0.05) is 24.3 Å². The quantitative estimate of drug-likeness (QED) is 0.759. The fourth-order valence-electron chi connectivity index (χ4n) is 2.52. The van der Waals surface area contributed by atoms with Crippen molar-refractivity contribution in [1.29, 1.82) is 5.26 Å². The first-order chi connectivity index (χ1) is 11.7. The number of rotatable bonds is 5. The van der Waals surface area contributed by atoms with E-state index in [1.165, 1.54) is 0 Å². The number of nitriles is 1. The molecule has 0 bridgehead atoms. The summed E-state index contributed by atoms with van der Waals surface area (Å²) < 4.78 is 11.1. The fourth-order valence-corrected chi connectivity index (χ4v) is 2.52. The predicted octanol–water partition coefficient (Wildman–Crippen LogP) is 4.34. The van der Waals surface area contributed by atoms with Crippen molar-refractivity contribution in [1.82, 2.24) is 0 Å². The van der Waals surface area contributed by atoms with Crippen LogP contribution in [-0.2, 0) is 6.54 Å². The number of hydrogen-bond donors (Lipinski definition) is 1. The van der Waals surface area contributed by atoms with Gasteiger partial charge < -0.3 is 14.9 Å². The molecule has 4 heteroatoms. The third-order valence-corrected chi connectivity index (χ3v) is 3.81. The zero-order chi connectivity index (χ0) is 16.9. The molecule has 0 fully saturated rings. The van der Waals surface area contributed by atoms with Gasteiger partial charge in [-0.05, 0) is 42.3 Å². The van der Waals surface area contributed by atoms with Crippen LogP contribution in [0.2, 0.25) is 0 Å². The van der Waals surface area contributed by atoms with Crippen molar-refractivity contribution >= 4 is 0 Å². The van der Waals surface area contributed by atoms with Crippen LogP contribution < -0.4 is 10.5 Å². The molecule has 0 atom stereocenters. The molecule has 0 aliphatic rings. The van der Waals surface area contributed by atoms with Crippen LogP contribution in [0, 0.1) is 11.3 Å². The van der Waals surface area contributed by atoms with Crippen molar-refractivity contribution in [3.05, 3.63) is 65.9 Å². The van der Waals surface area contributed by atoms with E-state index in [0.717, 1.165) is 22.3 Å². The zero-order valence-electron chi connectivity index (χ0n) is 13.5. The van der Waals surface area contributed by atoms with E-state index in [-0.39, 0.29) is 0 Å². The molecule has 0 radical (unpaired) electrons. The van der Waals surface area contributed by atoms with Crippen molar-refractivity contribution < 1.29 is 9.15 Å². The second-order valence-corrected chi connectivity index (χ2v) is 5.36. The van der Waals surface area contributed by atoms with Crippen LogP contribution in [0.4, 0.5) is 0 Å². The fraction of sp³-hybridized carbons (Fsp3) is 0.150. The number of nitrogens with two attached hydrogens (primary N) is 1. The molecule has 0 saturated carbocycles. The zero-order valence-corrected chi connectivity index (χ0v) is 13.5. The maximum atomic E-state index is 9.28. The lowest BCUT2D eigenvalue weighted by molar-refractivity contribution is 0.339. The average molecular weight is 318 g/mol. The third kappa shape index (κ3) is 3.17. The normalized spacial score (nSPS) is 10.4. The van der Waals surface area contributed by atoms with Crippen LogP contribution in [0.3, 0.4) is 0 Å². The molecule has 0 spiro atoms. The van der Waals surface area contributed by atoms with E-state index in [9.17, 15) is 5.26 Å². The molecular formula is C20H18N2O2. The minimum absolute atomic E-state index is 0.500. The van der Waals surface area contributed by atoms with Gasteiger partial charge in [-0.25, -0.2) is 0 Å². The largest absolute Gasteiger partial charge is 0.492 e. The topological polar surface area (TPSA) is 72.2 Å². The van der Waals surface area contributed by atoms with Crippen molar-refractivity contribution in [2.45, 2.75) is 13.5 Å². The molecule has 2 aromatic carbocycles. The molecule has 2 N–H and O–H groups in total. The Morgan fingerprint density at radius 3 is 2.46 bits per heavy atom. The van der Waals surface area contributed by atoms with Gasteiger partial charge in [0.15, 0.2) is 0 Å². The van der Waals surface area contributed by atoms with Gasteiger partial charge in [0.05, 0.1) is 18.4 Å². The van der Waals surface area contributed by atoms with Gasteiger partial charge in [0.1, 0.15) is 17.6 Å². The van der Waals surface area contributed by atoms with Crippen LogP contribution >= 0.6 is 0 Å². The molecule has 1 heterocycles. The highest BCUT2D eigenvalue weighted by Crippen LogP contribution is 2.31. The lowest BCUT2D eigenvalue weighted by Gasteiger charge is -2.06. The van der Waals surface area contributed by atoms with Crippen LogP contribution in [0.25, 0.3) is 22.5 Å². The molecule has 0 aliphatic carbocycles. The van der Waals surface area contributed by atoms with Crippen LogP contribution in [0.5, 0.6) is 5.75 Å². The molecule has 0 saturated heterocycles. The van der Waals surface area contributed by atoms with Crippen LogP contribution in [0.15, 0.2) is 59.2 Å². The second-order valence-electron chi connectivity index (χ2n) is 5.36. The molecule has 120 valence electrons. The molecule has 0 unspecified atom stereocenters. The smallest absolute Gasteiger partial charge is 0.137 e. The van der Waals surface area contributed by atoms with Crippen LogP contribution in [0.1, 0.15) is 18.1 Å². The molecule has 0 aliphatic heterocycles. The summed E-state index contributed by atoms with van der Waals surface area (Å²) in [5, 5.41) is 9.28. The van der Waals surface area contributed by atoms with E-state index in [2.05, 4.69) is 6.07 Å². The van der Waals surface area contributed by atoms with E-state index in [1.54, 1.807) is 18.4 Å².